The Kier molecular flexibility index (Phi) is 5.80. The van der Waals surface area contributed by atoms with E-state index in [0.29, 0.717) is 24.6 Å². The van der Waals surface area contributed by atoms with E-state index in [9.17, 15) is 13.6 Å². The molecule has 0 bridgehead atoms. The molecule has 1 saturated carbocycles. The summed E-state index contributed by atoms with van der Waals surface area (Å²) in [5.74, 6) is -1.18. The lowest BCUT2D eigenvalue weighted by Crippen LogP contribution is -2.44. The van der Waals surface area contributed by atoms with Crippen LogP contribution in [0.15, 0.2) is 18.2 Å². The van der Waals surface area contributed by atoms with Crippen molar-refractivity contribution in [2.75, 3.05) is 13.6 Å². The third-order valence-electron chi connectivity index (χ3n) is 4.04. The maximum atomic E-state index is 13.9. The van der Waals surface area contributed by atoms with Crippen molar-refractivity contribution in [3.63, 3.8) is 0 Å². The van der Waals surface area contributed by atoms with Gasteiger partial charge >= 0.3 is 6.09 Å². The summed E-state index contributed by atoms with van der Waals surface area (Å²) in [5.41, 5.74) is -0.226. The van der Waals surface area contributed by atoms with Crippen LogP contribution in [0.3, 0.4) is 0 Å². The molecule has 0 aromatic heterocycles. The Morgan fingerprint density at radius 2 is 2.04 bits per heavy atom. The number of benzene rings is 1. The van der Waals surface area contributed by atoms with E-state index < -0.39 is 23.3 Å². The first kappa shape index (κ1) is 18.6. The summed E-state index contributed by atoms with van der Waals surface area (Å²) in [6.45, 7) is 6.14. The zero-order valence-electron chi connectivity index (χ0n) is 14.7. The molecule has 0 radical (unpaired) electrons. The number of likely N-dealkylation sites (N-methyl/N-ethyl adjacent to an activating group) is 1. The zero-order chi connectivity index (χ0) is 17.9. The number of nitrogens with zero attached hydrogens (tertiary/aromatic N) is 1. The first-order valence-electron chi connectivity index (χ1n) is 8.27. The fraction of sp³-hybridized carbons (Fsp3) is 0.611. The lowest BCUT2D eigenvalue weighted by atomic mass is 10.1. The summed E-state index contributed by atoms with van der Waals surface area (Å²) in [6, 6.07) is 4.27. The highest BCUT2D eigenvalue weighted by Gasteiger charge is 2.34. The minimum absolute atomic E-state index is 0.0696. The van der Waals surface area contributed by atoms with Crippen LogP contribution in [0.2, 0.25) is 0 Å². The van der Waals surface area contributed by atoms with Crippen molar-refractivity contribution >= 4 is 6.09 Å². The van der Waals surface area contributed by atoms with Crippen LogP contribution in [0.4, 0.5) is 13.6 Å². The van der Waals surface area contributed by atoms with Crippen LogP contribution in [0, 0.1) is 17.6 Å². The monoisotopic (exact) mass is 340 g/mol. The van der Waals surface area contributed by atoms with Gasteiger partial charge in [-0.3, -0.25) is 4.90 Å². The van der Waals surface area contributed by atoms with E-state index >= 15 is 0 Å². The average molecular weight is 340 g/mol. The van der Waals surface area contributed by atoms with Gasteiger partial charge in [0.15, 0.2) is 11.6 Å². The number of nitrogens with one attached hydrogen (secondary N) is 1. The van der Waals surface area contributed by atoms with Gasteiger partial charge in [-0.2, -0.15) is 0 Å². The first-order chi connectivity index (χ1) is 11.2. The second-order valence-corrected chi connectivity index (χ2v) is 7.42. The summed E-state index contributed by atoms with van der Waals surface area (Å²) in [7, 11) is 1.87. The standard InChI is InChI=1S/C18H26F2N2O2/c1-18(2,3)24-17(23)21-10-15(12-8-9-12)22(4)11-13-6-5-7-14(19)16(13)20/h5-7,12,15H,8-11H2,1-4H3,(H,21,23)/t15-/m1/s1. The van der Waals surface area contributed by atoms with Crippen molar-refractivity contribution in [3.05, 3.63) is 35.4 Å². The quantitative estimate of drug-likeness (QED) is 0.858. The number of rotatable bonds is 6. The van der Waals surface area contributed by atoms with E-state index in [1.165, 1.54) is 6.07 Å². The van der Waals surface area contributed by atoms with E-state index in [0.717, 1.165) is 18.9 Å². The van der Waals surface area contributed by atoms with Gasteiger partial charge in [-0.25, -0.2) is 13.6 Å². The third-order valence-corrected chi connectivity index (χ3v) is 4.04. The Hall–Kier alpha value is -1.69. The van der Waals surface area contributed by atoms with Crippen LogP contribution < -0.4 is 5.32 Å². The molecule has 0 aliphatic heterocycles. The van der Waals surface area contributed by atoms with E-state index in [2.05, 4.69) is 5.32 Å². The van der Waals surface area contributed by atoms with Crippen LogP contribution in [-0.2, 0) is 11.3 Å². The Morgan fingerprint density at radius 3 is 2.62 bits per heavy atom. The Labute approximate surface area is 142 Å². The molecule has 2 rings (SSSR count). The number of ether oxygens (including phenoxy) is 1. The van der Waals surface area contributed by atoms with Gasteiger partial charge < -0.3 is 10.1 Å². The lowest BCUT2D eigenvalue weighted by Gasteiger charge is -2.29. The molecule has 0 saturated heterocycles. The molecule has 1 aromatic rings. The maximum absolute atomic E-state index is 13.9. The largest absolute Gasteiger partial charge is 0.444 e. The predicted octanol–water partition coefficient (Wildman–Crippen LogP) is 3.70. The third kappa shape index (κ3) is 5.44. The van der Waals surface area contributed by atoms with Crippen molar-refractivity contribution in [2.45, 2.75) is 51.8 Å². The molecule has 4 nitrogen and oxygen atoms in total. The van der Waals surface area contributed by atoms with Gasteiger partial charge in [0.25, 0.3) is 0 Å². The Balaban J connectivity index is 1.95. The van der Waals surface area contributed by atoms with Gasteiger partial charge in [-0.05, 0) is 52.6 Å². The molecule has 1 amide bonds. The highest BCUT2D eigenvalue weighted by molar-refractivity contribution is 5.67. The van der Waals surface area contributed by atoms with E-state index in [1.807, 2.05) is 32.7 Å². The number of hydrogen-bond acceptors (Lipinski definition) is 3. The van der Waals surface area contributed by atoms with Crippen LogP contribution in [0.1, 0.15) is 39.2 Å². The van der Waals surface area contributed by atoms with Gasteiger partial charge in [0.05, 0.1) is 0 Å². The molecule has 24 heavy (non-hydrogen) atoms. The van der Waals surface area contributed by atoms with Crippen molar-refractivity contribution in [3.8, 4) is 0 Å². The van der Waals surface area contributed by atoms with Crippen molar-refractivity contribution < 1.29 is 18.3 Å². The van der Waals surface area contributed by atoms with E-state index in [-0.39, 0.29) is 6.04 Å². The summed E-state index contributed by atoms with van der Waals surface area (Å²) < 4.78 is 32.4. The van der Waals surface area contributed by atoms with Gasteiger partial charge in [-0.1, -0.05) is 12.1 Å². The first-order valence-corrected chi connectivity index (χ1v) is 8.27. The highest BCUT2D eigenvalue weighted by Crippen LogP contribution is 2.35. The zero-order valence-corrected chi connectivity index (χ0v) is 14.7. The fourth-order valence-corrected chi connectivity index (χ4v) is 2.72. The fourth-order valence-electron chi connectivity index (χ4n) is 2.72. The maximum Gasteiger partial charge on any atom is 0.407 e. The molecule has 0 spiro atoms. The minimum atomic E-state index is -0.837. The van der Waals surface area contributed by atoms with Crippen LogP contribution in [0.25, 0.3) is 0 Å². The molecule has 0 unspecified atom stereocenters. The number of carbonyl (C=O) groups excluding carboxylic acids is 1. The molecule has 6 heteroatoms. The molecular formula is C18H26F2N2O2. The van der Waals surface area contributed by atoms with Gasteiger partial charge in [0, 0.05) is 24.7 Å². The molecule has 1 aliphatic rings. The Morgan fingerprint density at radius 1 is 1.38 bits per heavy atom. The average Bonchev–Trinajstić information content (AvgIpc) is 3.27. The molecule has 1 N–H and O–H groups in total. The molecule has 0 heterocycles. The highest BCUT2D eigenvalue weighted by atomic mass is 19.2. The predicted molar refractivity (Wildman–Crippen MR) is 88.6 cm³/mol. The van der Waals surface area contributed by atoms with E-state index in [4.69, 9.17) is 4.74 Å². The summed E-state index contributed by atoms with van der Waals surface area (Å²) in [4.78, 5) is 13.8. The van der Waals surface area contributed by atoms with Crippen LogP contribution >= 0.6 is 0 Å². The van der Waals surface area contributed by atoms with Crippen LogP contribution in [0.5, 0.6) is 0 Å². The second-order valence-electron chi connectivity index (χ2n) is 7.42. The normalized spacial score (nSPS) is 16.1. The second kappa shape index (κ2) is 7.47. The van der Waals surface area contributed by atoms with Gasteiger partial charge in [-0.15, -0.1) is 0 Å². The van der Waals surface area contributed by atoms with Gasteiger partial charge in [0.2, 0.25) is 0 Å². The summed E-state index contributed by atoms with van der Waals surface area (Å²) >= 11 is 0. The molecule has 1 aromatic carbocycles. The molecule has 1 aliphatic carbocycles. The number of hydrogen-bond donors (Lipinski definition) is 1. The van der Waals surface area contributed by atoms with E-state index in [1.54, 1.807) is 6.07 Å². The minimum Gasteiger partial charge on any atom is -0.444 e. The summed E-state index contributed by atoms with van der Waals surface area (Å²) in [5, 5.41) is 2.78. The molecular weight excluding hydrogens is 314 g/mol. The number of carbonyl (C=O) groups is 1. The molecule has 1 fully saturated rings. The molecule has 134 valence electrons. The van der Waals surface area contributed by atoms with Gasteiger partial charge in [0.1, 0.15) is 5.60 Å². The summed E-state index contributed by atoms with van der Waals surface area (Å²) in [6.07, 6.45) is 1.70. The van der Waals surface area contributed by atoms with Crippen LogP contribution in [-0.4, -0.2) is 36.2 Å². The Bertz CT molecular complexity index is 583. The van der Waals surface area contributed by atoms with Crippen molar-refractivity contribution in [1.29, 1.82) is 0 Å². The number of halogens is 2. The lowest BCUT2D eigenvalue weighted by molar-refractivity contribution is 0.0506. The smallest absolute Gasteiger partial charge is 0.407 e. The van der Waals surface area contributed by atoms with Crippen molar-refractivity contribution in [2.24, 2.45) is 5.92 Å². The topological polar surface area (TPSA) is 41.6 Å². The number of alkyl carbamates (subject to hydrolysis) is 1. The van der Waals surface area contributed by atoms with Crippen molar-refractivity contribution in [1.82, 2.24) is 10.2 Å². The molecule has 1 atom stereocenters. The SMILES string of the molecule is CN(Cc1cccc(F)c1F)[C@H](CNC(=O)OC(C)(C)C)C1CC1. The number of amides is 1.